The maximum absolute atomic E-state index is 13.0. The average Bonchev–Trinajstić information content (AvgIpc) is 2.72. The zero-order valence-electron chi connectivity index (χ0n) is 18.3. The Kier molecular flexibility index (Phi) is 6.03. The Labute approximate surface area is 205 Å². The van der Waals surface area contributed by atoms with Crippen LogP contribution in [0.15, 0.2) is 18.2 Å². The molecule has 2 atom stereocenters. The van der Waals surface area contributed by atoms with Crippen LogP contribution in [0.4, 0.5) is 5.69 Å². The number of carbonyl (C=O) groups is 2. The monoisotopic (exact) mass is 516 g/mol. The molecule has 4 bridgehead atoms. The van der Waals surface area contributed by atoms with Gasteiger partial charge in [0, 0.05) is 29.6 Å². The third kappa shape index (κ3) is 4.10. The molecule has 4 saturated carbocycles. The Morgan fingerprint density at radius 3 is 2.48 bits per heavy atom. The molecular formula is C22H30Cl2N4O4S. The van der Waals surface area contributed by atoms with E-state index in [0.717, 1.165) is 32.1 Å². The van der Waals surface area contributed by atoms with Gasteiger partial charge < -0.3 is 11.1 Å². The van der Waals surface area contributed by atoms with E-state index in [1.54, 1.807) is 18.2 Å². The first kappa shape index (κ1) is 23.5. The molecule has 1 heterocycles. The molecule has 0 aromatic heterocycles. The van der Waals surface area contributed by atoms with Gasteiger partial charge in [-0.15, -0.1) is 0 Å². The highest BCUT2D eigenvalue weighted by atomic mass is 35.5. The number of anilines is 1. The number of carbonyl (C=O) groups excluding carboxylic acids is 2. The van der Waals surface area contributed by atoms with Gasteiger partial charge in [0.05, 0.1) is 17.3 Å². The van der Waals surface area contributed by atoms with E-state index in [1.807, 2.05) is 0 Å². The van der Waals surface area contributed by atoms with Gasteiger partial charge in [0.25, 0.3) is 0 Å². The number of hydrogen-bond acceptors (Lipinski definition) is 6. The van der Waals surface area contributed by atoms with Crippen LogP contribution in [0.2, 0.25) is 10.0 Å². The molecule has 0 radical (unpaired) electrons. The smallest absolute Gasteiger partial charge is 0.236 e. The van der Waals surface area contributed by atoms with E-state index < -0.39 is 16.4 Å². The highest BCUT2D eigenvalue weighted by Crippen LogP contribution is 2.60. The molecule has 11 heteroatoms. The minimum absolute atomic E-state index is 0.00918. The second-order valence-electron chi connectivity index (χ2n) is 10.1. The Morgan fingerprint density at radius 2 is 1.85 bits per heavy atom. The predicted molar refractivity (Wildman–Crippen MR) is 130 cm³/mol. The van der Waals surface area contributed by atoms with Crippen LogP contribution in [0.1, 0.15) is 38.5 Å². The van der Waals surface area contributed by atoms with Gasteiger partial charge >= 0.3 is 0 Å². The lowest BCUT2D eigenvalue weighted by Crippen LogP contribution is -2.62. The summed E-state index contributed by atoms with van der Waals surface area (Å²) >= 11 is 12.3. The Morgan fingerprint density at radius 1 is 1.15 bits per heavy atom. The van der Waals surface area contributed by atoms with Gasteiger partial charge in [0.15, 0.2) is 0 Å². The van der Waals surface area contributed by atoms with Gasteiger partial charge in [-0.05, 0) is 85.4 Å². The fourth-order valence-electron chi connectivity index (χ4n) is 6.83. The maximum atomic E-state index is 13.0. The number of halogens is 2. The highest BCUT2D eigenvalue weighted by molar-refractivity contribution is 8.23. The number of benzene rings is 1. The van der Waals surface area contributed by atoms with Crippen molar-refractivity contribution < 1.29 is 18.7 Å². The van der Waals surface area contributed by atoms with Crippen molar-refractivity contribution in [1.29, 1.82) is 0 Å². The first-order chi connectivity index (χ1) is 15.6. The predicted octanol–water partition coefficient (Wildman–Crippen LogP) is 3.88. The van der Waals surface area contributed by atoms with Crippen molar-refractivity contribution >= 4 is 51.7 Å². The molecule has 33 heavy (non-hydrogen) atoms. The second kappa shape index (κ2) is 8.46. The van der Waals surface area contributed by atoms with E-state index in [2.05, 4.69) is 5.32 Å². The zero-order valence-corrected chi connectivity index (χ0v) is 20.6. The molecular weight excluding hydrogens is 487 g/mol. The van der Waals surface area contributed by atoms with Crippen molar-refractivity contribution in [3.05, 3.63) is 28.2 Å². The van der Waals surface area contributed by atoms with Crippen LogP contribution in [0.5, 0.6) is 0 Å². The van der Waals surface area contributed by atoms with Gasteiger partial charge in [-0.2, -0.15) is 4.31 Å². The van der Waals surface area contributed by atoms with Crippen LogP contribution in [0.25, 0.3) is 0 Å². The van der Waals surface area contributed by atoms with E-state index in [9.17, 15) is 18.7 Å². The van der Waals surface area contributed by atoms with E-state index in [4.69, 9.17) is 28.9 Å². The molecule has 2 unspecified atom stereocenters. The summed E-state index contributed by atoms with van der Waals surface area (Å²) in [6.45, 7) is 0.678. The largest absolute Gasteiger partial charge is 0.369 e. The molecule has 182 valence electrons. The maximum Gasteiger partial charge on any atom is 0.236 e. The molecule has 6 rings (SSSR count). The summed E-state index contributed by atoms with van der Waals surface area (Å²) in [5.74, 6) is 0.576. The Balaban J connectivity index is 1.27. The lowest BCUT2D eigenvalue weighted by Gasteiger charge is -2.59. The summed E-state index contributed by atoms with van der Waals surface area (Å²) in [4.78, 5) is 25.2. The summed E-state index contributed by atoms with van der Waals surface area (Å²) in [6, 6.07) is 4.88. The third-order valence-electron chi connectivity index (χ3n) is 8.03. The first-order valence-corrected chi connectivity index (χ1v) is 13.7. The van der Waals surface area contributed by atoms with Gasteiger partial charge in [-0.25, -0.2) is 0 Å². The number of hydrogen-bond donors (Lipinski definition) is 4. The van der Waals surface area contributed by atoms with Crippen molar-refractivity contribution in [2.45, 2.75) is 44.6 Å². The summed E-state index contributed by atoms with van der Waals surface area (Å²) < 4.78 is 25.0. The van der Waals surface area contributed by atoms with Crippen LogP contribution in [-0.4, -0.2) is 50.9 Å². The van der Waals surface area contributed by atoms with E-state index in [0.29, 0.717) is 41.2 Å². The van der Waals surface area contributed by atoms with Crippen LogP contribution >= 0.6 is 34.2 Å². The van der Waals surface area contributed by atoms with E-state index in [-0.39, 0.29) is 36.2 Å². The van der Waals surface area contributed by atoms with Crippen molar-refractivity contribution in [3.63, 3.8) is 0 Å². The molecule has 2 amide bonds. The van der Waals surface area contributed by atoms with Crippen LogP contribution < -0.4 is 15.4 Å². The number of nitrogens with zero attached hydrogens (tertiary/aromatic N) is 2. The van der Waals surface area contributed by atoms with Crippen molar-refractivity contribution in [3.8, 4) is 0 Å². The number of amides is 2. The molecule has 1 aromatic rings. The summed E-state index contributed by atoms with van der Waals surface area (Å²) in [5, 5.41) is 3.96. The number of rotatable bonds is 5. The molecule has 5 aliphatic rings. The number of nitrogens with one attached hydrogen (secondary N) is 1. The SMILES string of the molecule is NC(=O)C12CC3CC(C1)C(NC(=O)CN1CCCN(c4ccc(Cl)cc4Cl)S1(O)O)C(C3)C2. The summed E-state index contributed by atoms with van der Waals surface area (Å²) in [5.41, 5.74) is 5.84. The van der Waals surface area contributed by atoms with Gasteiger partial charge in [0.1, 0.15) is 0 Å². The molecule has 0 spiro atoms. The normalized spacial score (nSPS) is 35.9. The minimum Gasteiger partial charge on any atom is -0.369 e. The molecule has 5 fully saturated rings. The van der Waals surface area contributed by atoms with E-state index in [1.165, 1.54) is 8.61 Å². The van der Waals surface area contributed by atoms with Crippen LogP contribution in [0.3, 0.4) is 0 Å². The van der Waals surface area contributed by atoms with Crippen LogP contribution in [-0.2, 0) is 9.59 Å². The second-order valence-corrected chi connectivity index (χ2v) is 12.9. The van der Waals surface area contributed by atoms with Crippen molar-refractivity contribution in [2.24, 2.45) is 28.9 Å². The fraction of sp³-hybridized carbons (Fsp3) is 0.636. The Hall–Kier alpha value is -1.23. The van der Waals surface area contributed by atoms with Crippen LogP contribution in [0, 0.1) is 23.2 Å². The molecule has 1 aliphatic heterocycles. The molecule has 5 N–H and O–H groups in total. The van der Waals surface area contributed by atoms with Crippen molar-refractivity contribution in [2.75, 3.05) is 23.9 Å². The molecule has 4 aliphatic carbocycles. The number of nitrogens with two attached hydrogens (primary N) is 1. The summed E-state index contributed by atoms with van der Waals surface area (Å²) in [7, 11) is -3.41. The summed E-state index contributed by atoms with van der Waals surface area (Å²) in [6.07, 6.45) is 5.04. The molecule has 1 aromatic carbocycles. The first-order valence-electron chi connectivity index (χ1n) is 11.4. The lowest BCUT2D eigenvalue weighted by molar-refractivity contribution is -0.147. The molecule has 1 saturated heterocycles. The minimum atomic E-state index is -3.41. The topological polar surface area (TPSA) is 119 Å². The van der Waals surface area contributed by atoms with Gasteiger partial charge in [0.2, 0.25) is 11.8 Å². The quantitative estimate of drug-likeness (QED) is 0.471. The standard InChI is InChI=1S/C22H30Cl2N4O4S/c23-16-2-3-18(17(24)8-16)28-5-1-4-27(33(28,31)32)12-19(29)26-20-14-6-13-7-15(20)11-22(9-13,10-14)21(25)30/h2-3,8,13-15,20,31-32H,1,4-7,9-12H2,(H2,25,30)(H,26,29). The number of primary amides is 1. The lowest BCUT2D eigenvalue weighted by atomic mass is 9.47. The van der Waals surface area contributed by atoms with Gasteiger partial charge in [-0.1, -0.05) is 23.2 Å². The van der Waals surface area contributed by atoms with Crippen molar-refractivity contribution in [1.82, 2.24) is 9.62 Å². The fourth-order valence-corrected chi connectivity index (χ4v) is 9.13. The van der Waals surface area contributed by atoms with E-state index >= 15 is 0 Å². The average molecular weight is 517 g/mol. The third-order valence-corrected chi connectivity index (χ3v) is 10.5. The molecule has 8 nitrogen and oxygen atoms in total. The highest BCUT2D eigenvalue weighted by Gasteiger charge is 2.58. The Bertz CT molecular complexity index is 964. The zero-order chi connectivity index (χ0) is 23.5. The van der Waals surface area contributed by atoms with Gasteiger partial charge in [-0.3, -0.25) is 23.0 Å².